The van der Waals surface area contributed by atoms with E-state index < -0.39 is 25.7 Å². The Morgan fingerprint density at radius 2 is 1.93 bits per heavy atom. The van der Waals surface area contributed by atoms with Crippen molar-refractivity contribution in [2.24, 2.45) is 5.73 Å². The van der Waals surface area contributed by atoms with Gasteiger partial charge in [-0.2, -0.15) is 0 Å². The highest BCUT2D eigenvalue weighted by molar-refractivity contribution is 7.49. The highest BCUT2D eigenvalue weighted by Crippen LogP contribution is 2.29. The molecule has 0 aliphatic carbocycles. The average molecular weight is 226 g/mol. The molecule has 0 fully saturated rings. The van der Waals surface area contributed by atoms with Crippen molar-refractivity contribution in [3.05, 3.63) is 0 Å². The minimum atomic E-state index is -4.62. The van der Waals surface area contributed by atoms with Gasteiger partial charge < -0.3 is 20.6 Å². The zero-order valence-corrected chi connectivity index (χ0v) is 7.98. The number of amides is 1. The van der Waals surface area contributed by atoms with Gasteiger partial charge in [-0.25, -0.2) is 9.65 Å². The van der Waals surface area contributed by atoms with Crippen LogP contribution in [0.3, 0.4) is 0 Å². The first-order chi connectivity index (χ1) is 6.22. The van der Waals surface area contributed by atoms with Gasteiger partial charge in [0.15, 0.2) is 0 Å². The van der Waals surface area contributed by atoms with Crippen LogP contribution in [0.4, 0.5) is 0 Å². The summed E-state index contributed by atoms with van der Waals surface area (Å²) in [6.07, 6.45) is -0.528. The maximum absolute atomic E-state index is 10.4. The van der Waals surface area contributed by atoms with Gasteiger partial charge in [0.25, 0.3) is 0 Å². The van der Waals surface area contributed by atoms with Gasteiger partial charge in [0.1, 0.15) is 6.04 Å². The number of carbonyl (C=O) groups excluding carboxylic acids is 1. The van der Waals surface area contributed by atoms with Crippen molar-refractivity contribution in [3.8, 4) is 0 Å². The Morgan fingerprint density at radius 1 is 1.43 bits per heavy atom. The molecule has 0 bridgehead atoms. The molecule has 0 heterocycles. The third-order valence-electron chi connectivity index (χ3n) is 1.30. The maximum Gasteiger partial charge on any atom is 0.401 e. The van der Waals surface area contributed by atoms with Crippen LogP contribution in [-0.2, 0) is 14.2 Å². The summed E-state index contributed by atoms with van der Waals surface area (Å²) < 4.78 is 10.4. The molecule has 6 N–H and O–H groups in total. The monoisotopic (exact) mass is 226 g/mol. The van der Waals surface area contributed by atoms with Gasteiger partial charge in [-0.15, -0.1) is 0 Å². The summed E-state index contributed by atoms with van der Waals surface area (Å²) in [5.41, 5.74) is 4.75. The van der Waals surface area contributed by atoms with Gasteiger partial charge in [0.05, 0.1) is 0 Å². The quantitative estimate of drug-likeness (QED) is 0.342. The van der Waals surface area contributed by atoms with Crippen molar-refractivity contribution >= 4 is 19.6 Å². The van der Waals surface area contributed by atoms with E-state index in [0.29, 0.717) is 0 Å². The van der Waals surface area contributed by atoms with Crippen molar-refractivity contribution < 1.29 is 29.0 Å². The number of primary amides is 1. The molecule has 0 aromatic carbocycles. The number of carboxylic acids is 1. The van der Waals surface area contributed by atoms with Gasteiger partial charge in [-0.3, -0.25) is 9.59 Å². The summed E-state index contributed by atoms with van der Waals surface area (Å²) in [7, 11) is -4.62. The van der Waals surface area contributed by atoms with Crippen LogP contribution in [0.1, 0.15) is 12.8 Å². The molecular weight excluding hydrogens is 215 g/mol. The van der Waals surface area contributed by atoms with Crippen LogP contribution in [0.5, 0.6) is 0 Å². The first-order valence-corrected chi connectivity index (χ1v) is 5.18. The minimum absolute atomic E-state index is 0.260. The molecule has 1 atom stereocenters. The van der Waals surface area contributed by atoms with Gasteiger partial charge in [-0.1, -0.05) is 0 Å². The summed E-state index contributed by atoms with van der Waals surface area (Å²) >= 11 is 0. The Hall–Kier alpha value is -0.950. The van der Waals surface area contributed by atoms with E-state index in [1.165, 1.54) is 0 Å². The number of hydrogen-bond donors (Lipinski definition) is 5. The van der Waals surface area contributed by atoms with Crippen LogP contribution in [-0.4, -0.2) is 32.8 Å². The Balaban J connectivity index is 4.24. The normalized spacial score (nSPS) is 13.6. The average Bonchev–Trinajstić information content (AvgIpc) is 1.94. The second-order valence-corrected chi connectivity index (χ2v) is 3.92. The smallest absolute Gasteiger partial charge is 0.401 e. The molecule has 0 aliphatic rings. The van der Waals surface area contributed by atoms with Crippen LogP contribution in [0.15, 0.2) is 0 Å². The number of carboxylic acid groups (broad SMARTS) is 1. The molecule has 0 saturated carbocycles. The number of rotatable bonds is 6. The lowest BCUT2D eigenvalue weighted by Crippen LogP contribution is -2.35. The first kappa shape index (κ1) is 13.1. The molecule has 14 heavy (non-hydrogen) atoms. The van der Waals surface area contributed by atoms with Crippen molar-refractivity contribution in [2.75, 3.05) is 0 Å². The van der Waals surface area contributed by atoms with Gasteiger partial charge in [0.2, 0.25) is 5.91 Å². The Bertz CT molecular complexity index is 273. The first-order valence-electron chi connectivity index (χ1n) is 3.57. The topological polar surface area (TPSA) is 150 Å². The van der Waals surface area contributed by atoms with E-state index in [1.54, 1.807) is 5.09 Å². The van der Waals surface area contributed by atoms with Crippen LogP contribution in [0, 0.1) is 0 Å². The largest absolute Gasteiger partial charge is 0.480 e. The lowest BCUT2D eigenvalue weighted by atomic mass is 10.2. The fraction of sp³-hybridized carbons (Fsp3) is 0.600. The van der Waals surface area contributed by atoms with E-state index >= 15 is 0 Å². The van der Waals surface area contributed by atoms with Crippen molar-refractivity contribution in [3.63, 3.8) is 0 Å². The third-order valence-corrected chi connectivity index (χ3v) is 1.95. The summed E-state index contributed by atoms with van der Waals surface area (Å²) in [6, 6.07) is -1.48. The molecule has 82 valence electrons. The molecule has 1 amide bonds. The van der Waals surface area contributed by atoms with E-state index in [9.17, 15) is 14.2 Å². The minimum Gasteiger partial charge on any atom is -0.480 e. The van der Waals surface area contributed by atoms with Gasteiger partial charge >= 0.3 is 13.7 Å². The van der Waals surface area contributed by atoms with Crippen molar-refractivity contribution in [1.29, 1.82) is 0 Å². The number of nitrogens with one attached hydrogen (secondary N) is 1. The number of carbonyl (C=O) groups is 2. The molecule has 9 heteroatoms. The summed E-state index contributed by atoms with van der Waals surface area (Å²) in [6.45, 7) is 0. The molecule has 0 aromatic rings. The third kappa shape index (κ3) is 6.55. The van der Waals surface area contributed by atoms with Crippen molar-refractivity contribution in [1.82, 2.24) is 5.09 Å². The molecule has 0 aromatic heterocycles. The van der Waals surface area contributed by atoms with E-state index in [0.717, 1.165) is 0 Å². The molecule has 8 nitrogen and oxygen atoms in total. The Labute approximate surface area is 79.3 Å². The predicted octanol–water partition coefficient (Wildman–Crippen LogP) is -1.61. The lowest BCUT2D eigenvalue weighted by molar-refractivity contribution is -0.139. The molecule has 0 aliphatic heterocycles. The van der Waals surface area contributed by atoms with E-state index in [4.69, 9.17) is 20.6 Å². The second kappa shape index (κ2) is 5.06. The highest BCUT2D eigenvalue weighted by Gasteiger charge is 2.25. The van der Waals surface area contributed by atoms with E-state index in [-0.39, 0.29) is 12.8 Å². The summed E-state index contributed by atoms with van der Waals surface area (Å²) in [5, 5.41) is 10.1. The molecule has 0 unspecified atom stereocenters. The molecule has 0 rings (SSSR count). The second-order valence-electron chi connectivity index (χ2n) is 2.57. The zero-order chi connectivity index (χ0) is 11.4. The van der Waals surface area contributed by atoms with E-state index in [1.807, 2.05) is 0 Å². The zero-order valence-electron chi connectivity index (χ0n) is 7.08. The van der Waals surface area contributed by atoms with E-state index in [2.05, 4.69) is 0 Å². The lowest BCUT2D eigenvalue weighted by Gasteiger charge is -2.13. The number of hydrogen-bond acceptors (Lipinski definition) is 3. The fourth-order valence-corrected chi connectivity index (χ4v) is 1.38. The number of aliphatic carboxylic acids is 1. The number of nitrogens with two attached hydrogens (primary N) is 1. The molecule has 0 radical (unpaired) electrons. The van der Waals surface area contributed by atoms with Gasteiger partial charge in [-0.05, 0) is 6.42 Å². The van der Waals surface area contributed by atoms with Crippen LogP contribution >= 0.6 is 7.75 Å². The molecule has 0 saturated heterocycles. The standard InChI is InChI=1S/C5H11N2O6P/c6-4(8)2-1-3(5(9)10)7-14(11,12)13/h3H,1-2H2,(H2,6,8)(H,9,10)(H3,7,11,12,13)/t3-/m0/s1. The molecule has 0 spiro atoms. The fourth-order valence-electron chi connectivity index (χ4n) is 0.733. The highest BCUT2D eigenvalue weighted by atomic mass is 31.2. The Kier molecular flexibility index (Phi) is 4.72. The van der Waals surface area contributed by atoms with Crippen LogP contribution in [0.2, 0.25) is 0 Å². The SMILES string of the molecule is NC(=O)CC[C@H](NP(=O)(O)O)C(=O)O. The predicted molar refractivity (Wildman–Crippen MR) is 45.0 cm³/mol. The van der Waals surface area contributed by atoms with Crippen LogP contribution in [0.25, 0.3) is 0 Å². The Morgan fingerprint density at radius 3 is 2.21 bits per heavy atom. The van der Waals surface area contributed by atoms with Crippen LogP contribution < -0.4 is 10.8 Å². The summed E-state index contributed by atoms with van der Waals surface area (Å²) in [5.74, 6) is -2.18. The van der Waals surface area contributed by atoms with Gasteiger partial charge in [0, 0.05) is 6.42 Å². The molecular formula is C5H11N2O6P. The maximum atomic E-state index is 10.4. The van der Waals surface area contributed by atoms with Crippen molar-refractivity contribution in [2.45, 2.75) is 18.9 Å². The summed E-state index contributed by atoms with van der Waals surface area (Å²) in [4.78, 5) is 37.6.